The van der Waals surface area contributed by atoms with Crippen LogP contribution < -0.4 is 5.32 Å². The van der Waals surface area contributed by atoms with E-state index in [1.54, 1.807) is 0 Å². The van der Waals surface area contributed by atoms with Crippen molar-refractivity contribution >= 4 is 45.4 Å². The second kappa shape index (κ2) is 8.14. The highest BCUT2D eigenvalue weighted by Gasteiger charge is 2.47. The van der Waals surface area contributed by atoms with Gasteiger partial charge in [-0.25, -0.2) is 4.79 Å². The van der Waals surface area contributed by atoms with E-state index in [2.05, 4.69) is 10.2 Å². The van der Waals surface area contributed by atoms with Crippen molar-refractivity contribution < 1.29 is 37.0 Å². The zero-order valence-corrected chi connectivity index (χ0v) is 15.9. The van der Waals surface area contributed by atoms with Gasteiger partial charge in [0.1, 0.15) is 5.88 Å². The van der Waals surface area contributed by atoms with Crippen LogP contribution in [-0.2, 0) is 34.1 Å². The number of amides is 3. The van der Waals surface area contributed by atoms with Crippen molar-refractivity contribution in [3.05, 3.63) is 11.8 Å². The minimum absolute atomic E-state index is 0.171. The van der Waals surface area contributed by atoms with Crippen LogP contribution in [0.25, 0.3) is 0 Å². The van der Waals surface area contributed by atoms with Crippen molar-refractivity contribution in [1.29, 1.82) is 0 Å². The van der Waals surface area contributed by atoms with E-state index in [-0.39, 0.29) is 29.5 Å². The van der Waals surface area contributed by atoms with Gasteiger partial charge in [-0.05, 0) is 6.92 Å². The van der Waals surface area contributed by atoms with Gasteiger partial charge in [-0.1, -0.05) is 19.9 Å². The Morgan fingerprint density at radius 1 is 1.35 bits per heavy atom. The molecule has 1 unspecified atom stereocenters. The van der Waals surface area contributed by atoms with Gasteiger partial charge >= 0.3 is 5.97 Å². The second-order valence-corrected chi connectivity index (χ2v) is 7.99. The number of imide groups is 1. The zero-order chi connectivity index (χ0) is 20.3. The molecule has 0 spiro atoms. The lowest BCUT2D eigenvalue weighted by molar-refractivity contribution is -0.198. The summed E-state index contributed by atoms with van der Waals surface area (Å²) >= 11 is 5.36. The number of halogens is 1. The Hall–Kier alpha value is -1.98. The Morgan fingerprint density at radius 3 is 2.27 bits per heavy atom. The molecule has 0 radical (unpaired) electrons. The van der Waals surface area contributed by atoms with Gasteiger partial charge in [0, 0.05) is 24.0 Å². The number of hydrogen-bond donors (Lipinski definition) is 2. The van der Waals surface area contributed by atoms with E-state index in [9.17, 15) is 32.1 Å². The van der Waals surface area contributed by atoms with Crippen LogP contribution in [0.3, 0.4) is 0 Å². The van der Waals surface area contributed by atoms with Crippen molar-refractivity contribution in [2.24, 2.45) is 5.41 Å². The maximum absolute atomic E-state index is 12.3. The molecule has 1 fully saturated rings. The number of hydrogen-bond acceptors (Lipinski definition) is 7. The molecule has 0 saturated carbocycles. The fourth-order valence-corrected chi connectivity index (χ4v) is 3.72. The van der Waals surface area contributed by atoms with Gasteiger partial charge in [0.15, 0.2) is 5.25 Å². The fourth-order valence-electron chi connectivity index (χ4n) is 2.53. The van der Waals surface area contributed by atoms with Gasteiger partial charge in [0.2, 0.25) is 5.91 Å². The number of allylic oxidation sites excluding steroid dienone is 2. The molecule has 26 heavy (non-hydrogen) atoms. The topological polar surface area (TPSA) is 147 Å². The van der Waals surface area contributed by atoms with Crippen LogP contribution in [0.5, 0.6) is 0 Å². The average molecular weight is 411 g/mol. The molecule has 10 nitrogen and oxygen atoms in total. The van der Waals surface area contributed by atoms with E-state index in [1.807, 2.05) is 0 Å². The van der Waals surface area contributed by atoms with Crippen LogP contribution in [0.15, 0.2) is 11.8 Å². The van der Waals surface area contributed by atoms with E-state index in [0.29, 0.717) is 0 Å². The third kappa shape index (κ3) is 5.51. The Morgan fingerprint density at radius 2 is 1.85 bits per heavy atom. The first-order valence-corrected chi connectivity index (χ1v) is 9.42. The third-order valence-electron chi connectivity index (χ3n) is 3.42. The smallest absolute Gasteiger partial charge is 0.329 e. The number of alkyl halides is 1. The predicted octanol–water partition coefficient (Wildman–Crippen LogP) is 0.135. The molecule has 12 heteroatoms. The molecule has 1 atom stereocenters. The molecule has 146 valence electrons. The maximum Gasteiger partial charge on any atom is 0.354 e. The SMILES string of the molecule is C/C(=C\C(C)(C)C(C(=O)ON1C(=O)CCC1=O)S(=O)(=O)O)NC(=O)CCl. The molecule has 0 aromatic rings. The number of nitrogens with one attached hydrogen (secondary N) is 1. The second-order valence-electron chi connectivity index (χ2n) is 6.22. The molecule has 3 amide bonds. The first-order valence-electron chi connectivity index (χ1n) is 7.38. The summed E-state index contributed by atoms with van der Waals surface area (Å²) in [6.07, 6.45) is 0.871. The van der Waals surface area contributed by atoms with Gasteiger partial charge in [0.25, 0.3) is 21.9 Å². The van der Waals surface area contributed by atoms with E-state index >= 15 is 0 Å². The summed E-state index contributed by atoms with van der Waals surface area (Å²) in [4.78, 5) is 51.2. The number of hydroxylamine groups is 2. The van der Waals surface area contributed by atoms with Crippen molar-refractivity contribution in [2.45, 2.75) is 38.9 Å². The molecule has 1 aliphatic heterocycles. The van der Waals surface area contributed by atoms with E-state index in [1.165, 1.54) is 26.8 Å². The quantitative estimate of drug-likeness (QED) is 0.342. The molecule has 1 aliphatic rings. The molecule has 1 saturated heterocycles. The maximum atomic E-state index is 12.3. The highest BCUT2D eigenvalue weighted by atomic mass is 35.5. The summed E-state index contributed by atoms with van der Waals surface area (Å²) in [7, 11) is -4.99. The highest BCUT2D eigenvalue weighted by molar-refractivity contribution is 7.87. The van der Waals surface area contributed by atoms with Crippen molar-refractivity contribution in [2.75, 3.05) is 5.88 Å². The molecule has 0 aromatic carbocycles. The molecular weight excluding hydrogens is 392 g/mol. The van der Waals surface area contributed by atoms with Gasteiger partial charge in [0.05, 0.1) is 0 Å². The van der Waals surface area contributed by atoms with Crippen molar-refractivity contribution in [1.82, 2.24) is 10.4 Å². The van der Waals surface area contributed by atoms with Crippen LogP contribution in [0.1, 0.15) is 33.6 Å². The third-order valence-corrected chi connectivity index (χ3v) is 5.06. The molecule has 1 heterocycles. The first kappa shape index (κ1) is 22.1. The van der Waals surface area contributed by atoms with E-state index in [4.69, 9.17) is 11.6 Å². The molecule has 1 rings (SSSR count). The summed E-state index contributed by atoms with van der Waals surface area (Å²) in [6, 6.07) is 0. The van der Waals surface area contributed by atoms with Crippen molar-refractivity contribution in [3.63, 3.8) is 0 Å². The molecule has 0 bridgehead atoms. The van der Waals surface area contributed by atoms with Crippen LogP contribution in [0.4, 0.5) is 0 Å². The highest BCUT2D eigenvalue weighted by Crippen LogP contribution is 2.30. The van der Waals surface area contributed by atoms with Crippen LogP contribution in [0.2, 0.25) is 0 Å². The first-order chi connectivity index (χ1) is 11.8. The standard InChI is InChI=1S/C14H19ClN2O8S/c1-8(16-9(18)7-15)6-14(2,3)12(26(22,23)24)13(21)25-17-10(19)4-5-11(17)20/h6,12H,4-5,7H2,1-3H3,(H,16,18)(H,22,23,24)/b8-6+. The number of carbonyl (C=O) groups is 4. The number of rotatable bonds is 7. The Labute approximate surface area is 155 Å². The van der Waals surface area contributed by atoms with Crippen LogP contribution in [0, 0.1) is 5.41 Å². The predicted molar refractivity (Wildman–Crippen MR) is 88.9 cm³/mol. The Bertz CT molecular complexity index is 743. The summed E-state index contributed by atoms with van der Waals surface area (Å²) in [5, 5.41) is 0.390. The van der Waals surface area contributed by atoms with Gasteiger partial charge in [-0.15, -0.1) is 16.7 Å². The molecular formula is C14H19ClN2O8S. The van der Waals surface area contributed by atoms with Gasteiger partial charge in [-0.2, -0.15) is 8.42 Å². The Kier molecular flexibility index (Phi) is 6.91. The number of carbonyl (C=O) groups excluding carboxylic acids is 4. The molecule has 0 aromatic heterocycles. The molecule has 0 aliphatic carbocycles. The summed E-state index contributed by atoms with van der Waals surface area (Å²) in [5.74, 6) is -3.99. The molecule has 2 N–H and O–H groups in total. The number of nitrogens with zero attached hydrogens (tertiary/aromatic N) is 1. The van der Waals surface area contributed by atoms with Crippen LogP contribution in [-0.4, -0.2) is 52.9 Å². The van der Waals surface area contributed by atoms with Gasteiger partial charge < -0.3 is 10.2 Å². The normalized spacial score (nSPS) is 17.3. The van der Waals surface area contributed by atoms with E-state index < -0.39 is 44.5 Å². The Balaban J connectivity index is 3.14. The minimum atomic E-state index is -4.99. The monoisotopic (exact) mass is 410 g/mol. The lowest BCUT2D eigenvalue weighted by Gasteiger charge is -2.28. The largest absolute Gasteiger partial charge is 0.354 e. The van der Waals surface area contributed by atoms with Gasteiger partial charge in [-0.3, -0.25) is 18.9 Å². The summed E-state index contributed by atoms with van der Waals surface area (Å²) < 4.78 is 33.0. The lowest BCUT2D eigenvalue weighted by Crippen LogP contribution is -2.46. The van der Waals surface area contributed by atoms with Crippen LogP contribution >= 0.6 is 11.6 Å². The van der Waals surface area contributed by atoms with E-state index in [0.717, 1.165) is 0 Å². The summed E-state index contributed by atoms with van der Waals surface area (Å²) in [6.45, 7) is 4.00. The average Bonchev–Trinajstić information content (AvgIpc) is 2.76. The lowest BCUT2D eigenvalue weighted by atomic mass is 9.87. The van der Waals surface area contributed by atoms with Crippen molar-refractivity contribution in [3.8, 4) is 0 Å². The fraction of sp³-hybridized carbons (Fsp3) is 0.571. The zero-order valence-electron chi connectivity index (χ0n) is 14.3. The minimum Gasteiger partial charge on any atom is -0.329 e. The summed E-state index contributed by atoms with van der Waals surface area (Å²) in [5.41, 5.74) is -1.39.